The molecule has 0 aromatic carbocycles. The summed E-state index contributed by atoms with van der Waals surface area (Å²) in [6.07, 6.45) is 4.18. The van der Waals surface area contributed by atoms with E-state index >= 15 is 0 Å². The molecule has 0 fully saturated rings. The molecule has 0 radical (unpaired) electrons. The van der Waals surface area contributed by atoms with E-state index in [0.29, 0.717) is 12.0 Å². The third kappa shape index (κ3) is 3.25. The Morgan fingerprint density at radius 2 is 2.33 bits per heavy atom. The van der Waals surface area contributed by atoms with Gasteiger partial charge in [0.1, 0.15) is 0 Å². The van der Waals surface area contributed by atoms with Crippen LogP contribution in [0.5, 0.6) is 0 Å². The first-order valence-corrected chi connectivity index (χ1v) is 7.53. The molecular weight excluding hydrogens is 242 g/mol. The molecule has 4 heteroatoms. The lowest BCUT2D eigenvalue weighted by Crippen LogP contribution is -2.42. The van der Waals surface area contributed by atoms with Crippen molar-refractivity contribution in [2.24, 2.45) is 5.84 Å². The summed E-state index contributed by atoms with van der Waals surface area (Å²) in [7, 11) is 0. The first-order valence-electron chi connectivity index (χ1n) is 6.55. The standard InChI is InChI=1S/C14H23N3S/c1-14(2,3)18-9-12(17-15)11-7-6-10-5-4-8-16-13(10)11/h4-5,8,11-12,17H,6-7,9,15H2,1-3H3. The number of thioether (sulfide) groups is 1. The Bertz CT molecular complexity index is 400. The van der Waals surface area contributed by atoms with Crippen molar-refractivity contribution in [2.45, 2.75) is 50.3 Å². The van der Waals surface area contributed by atoms with E-state index < -0.39 is 0 Å². The van der Waals surface area contributed by atoms with Gasteiger partial charge in [-0.2, -0.15) is 11.8 Å². The molecule has 0 amide bonds. The number of hydrazine groups is 1. The molecule has 18 heavy (non-hydrogen) atoms. The van der Waals surface area contributed by atoms with Crippen LogP contribution >= 0.6 is 11.8 Å². The zero-order chi connectivity index (χ0) is 13.2. The summed E-state index contributed by atoms with van der Waals surface area (Å²) in [4.78, 5) is 4.55. The predicted molar refractivity (Wildman–Crippen MR) is 78.6 cm³/mol. The summed E-state index contributed by atoms with van der Waals surface area (Å²) in [5.74, 6) is 7.24. The van der Waals surface area contributed by atoms with Gasteiger partial charge in [0.2, 0.25) is 0 Å². The van der Waals surface area contributed by atoms with Gasteiger partial charge in [0.15, 0.2) is 0 Å². The smallest absolute Gasteiger partial charge is 0.0482 e. The molecule has 2 atom stereocenters. The second-order valence-electron chi connectivity index (χ2n) is 5.89. The summed E-state index contributed by atoms with van der Waals surface area (Å²) in [6, 6.07) is 4.52. The van der Waals surface area contributed by atoms with Crippen LogP contribution in [0.25, 0.3) is 0 Å². The maximum Gasteiger partial charge on any atom is 0.0482 e. The van der Waals surface area contributed by atoms with E-state index in [9.17, 15) is 0 Å². The van der Waals surface area contributed by atoms with Crippen LogP contribution in [-0.4, -0.2) is 21.5 Å². The molecular formula is C14H23N3S. The molecule has 0 bridgehead atoms. The van der Waals surface area contributed by atoms with E-state index in [1.54, 1.807) is 0 Å². The Balaban J connectivity index is 2.06. The number of aromatic nitrogens is 1. The van der Waals surface area contributed by atoms with Crippen molar-refractivity contribution in [2.75, 3.05) is 5.75 Å². The number of nitrogens with zero attached hydrogens (tertiary/aromatic N) is 1. The molecule has 1 heterocycles. The molecule has 3 nitrogen and oxygen atoms in total. The van der Waals surface area contributed by atoms with E-state index in [0.717, 1.165) is 18.6 Å². The molecule has 1 aliphatic rings. The van der Waals surface area contributed by atoms with Gasteiger partial charge in [-0.1, -0.05) is 26.8 Å². The van der Waals surface area contributed by atoms with Gasteiger partial charge in [-0.05, 0) is 24.5 Å². The first-order chi connectivity index (χ1) is 8.51. The Labute approximate surface area is 114 Å². The minimum absolute atomic E-state index is 0.278. The topological polar surface area (TPSA) is 50.9 Å². The fourth-order valence-corrected chi connectivity index (χ4v) is 3.46. The molecule has 0 saturated carbocycles. The molecule has 0 spiro atoms. The summed E-state index contributed by atoms with van der Waals surface area (Å²) < 4.78 is 0.278. The third-order valence-corrected chi connectivity index (χ3v) is 4.79. The molecule has 1 aromatic rings. The number of hydrogen-bond donors (Lipinski definition) is 2. The van der Waals surface area contributed by atoms with Crippen LogP contribution in [0.15, 0.2) is 18.3 Å². The van der Waals surface area contributed by atoms with E-state index in [-0.39, 0.29) is 4.75 Å². The molecule has 1 aromatic heterocycles. The lowest BCUT2D eigenvalue weighted by Gasteiger charge is -2.26. The highest BCUT2D eigenvalue weighted by molar-refractivity contribution is 8.00. The number of aryl methyl sites for hydroxylation is 1. The first kappa shape index (κ1) is 13.8. The van der Waals surface area contributed by atoms with Gasteiger partial charge >= 0.3 is 0 Å². The Kier molecular flexibility index (Phi) is 4.30. The van der Waals surface area contributed by atoms with Gasteiger partial charge in [-0.15, -0.1) is 0 Å². The highest BCUT2D eigenvalue weighted by atomic mass is 32.2. The van der Waals surface area contributed by atoms with Crippen molar-refractivity contribution in [1.29, 1.82) is 0 Å². The van der Waals surface area contributed by atoms with Crippen molar-refractivity contribution in [3.05, 3.63) is 29.6 Å². The molecule has 3 N–H and O–H groups in total. The van der Waals surface area contributed by atoms with Gasteiger partial charge in [-0.3, -0.25) is 16.3 Å². The van der Waals surface area contributed by atoms with E-state index in [2.05, 4.69) is 37.2 Å². The highest BCUT2D eigenvalue weighted by Crippen LogP contribution is 2.36. The normalized spacial score (nSPS) is 20.8. The van der Waals surface area contributed by atoms with Crippen LogP contribution < -0.4 is 11.3 Å². The zero-order valence-electron chi connectivity index (χ0n) is 11.4. The Morgan fingerprint density at radius 3 is 3.00 bits per heavy atom. The molecule has 2 rings (SSSR count). The SMILES string of the molecule is CC(C)(C)SCC(NN)C1CCc2cccnc21. The van der Waals surface area contributed by atoms with Crippen LogP contribution in [0, 0.1) is 0 Å². The number of nitrogens with two attached hydrogens (primary N) is 1. The van der Waals surface area contributed by atoms with Gasteiger partial charge in [0, 0.05) is 34.4 Å². The van der Waals surface area contributed by atoms with Gasteiger partial charge in [-0.25, -0.2) is 0 Å². The maximum atomic E-state index is 5.75. The summed E-state index contributed by atoms with van der Waals surface area (Å²) in [6.45, 7) is 6.73. The number of nitrogens with one attached hydrogen (secondary N) is 1. The fourth-order valence-electron chi connectivity index (χ4n) is 2.46. The second-order valence-corrected chi connectivity index (χ2v) is 7.74. The van der Waals surface area contributed by atoms with Crippen LogP contribution in [0.1, 0.15) is 44.4 Å². The van der Waals surface area contributed by atoms with Crippen molar-refractivity contribution in [1.82, 2.24) is 10.4 Å². The lowest BCUT2D eigenvalue weighted by atomic mass is 9.99. The van der Waals surface area contributed by atoms with Crippen molar-refractivity contribution in [3.8, 4) is 0 Å². The fraction of sp³-hybridized carbons (Fsp3) is 0.643. The largest absolute Gasteiger partial charge is 0.271 e. The van der Waals surface area contributed by atoms with Crippen molar-refractivity contribution in [3.63, 3.8) is 0 Å². The second kappa shape index (κ2) is 5.59. The van der Waals surface area contributed by atoms with E-state index in [1.165, 1.54) is 11.3 Å². The molecule has 1 aliphatic carbocycles. The van der Waals surface area contributed by atoms with Crippen molar-refractivity contribution >= 4 is 11.8 Å². The minimum Gasteiger partial charge on any atom is -0.271 e. The van der Waals surface area contributed by atoms with Gasteiger partial charge in [0.05, 0.1) is 0 Å². The quantitative estimate of drug-likeness (QED) is 0.648. The highest BCUT2D eigenvalue weighted by Gasteiger charge is 2.31. The van der Waals surface area contributed by atoms with Crippen LogP contribution in [0.2, 0.25) is 0 Å². The predicted octanol–water partition coefficient (Wildman–Crippen LogP) is 2.48. The zero-order valence-corrected chi connectivity index (χ0v) is 12.3. The average molecular weight is 265 g/mol. The molecule has 0 aliphatic heterocycles. The number of pyridine rings is 1. The number of hydrogen-bond acceptors (Lipinski definition) is 4. The average Bonchev–Trinajstić information content (AvgIpc) is 2.73. The summed E-state index contributed by atoms with van der Waals surface area (Å²) in [5.41, 5.74) is 5.63. The van der Waals surface area contributed by atoms with Gasteiger partial charge < -0.3 is 0 Å². The Morgan fingerprint density at radius 1 is 1.56 bits per heavy atom. The third-order valence-electron chi connectivity index (χ3n) is 3.40. The number of rotatable bonds is 4. The van der Waals surface area contributed by atoms with E-state index in [1.807, 2.05) is 24.0 Å². The minimum atomic E-state index is 0.278. The van der Waals surface area contributed by atoms with Gasteiger partial charge in [0.25, 0.3) is 0 Å². The lowest BCUT2D eigenvalue weighted by molar-refractivity contribution is 0.467. The van der Waals surface area contributed by atoms with Crippen LogP contribution in [0.3, 0.4) is 0 Å². The summed E-state index contributed by atoms with van der Waals surface area (Å²) >= 11 is 1.96. The number of fused-ring (bicyclic) bond motifs is 1. The Hall–Kier alpha value is -0.580. The molecule has 2 unspecified atom stereocenters. The van der Waals surface area contributed by atoms with Crippen molar-refractivity contribution < 1.29 is 0 Å². The molecule has 0 saturated heterocycles. The monoisotopic (exact) mass is 265 g/mol. The molecule has 100 valence electrons. The van der Waals surface area contributed by atoms with E-state index in [4.69, 9.17) is 5.84 Å². The van der Waals surface area contributed by atoms with Crippen LogP contribution in [0.4, 0.5) is 0 Å². The summed E-state index contributed by atoms with van der Waals surface area (Å²) in [5, 5.41) is 0. The maximum absolute atomic E-state index is 5.75. The van der Waals surface area contributed by atoms with Crippen LogP contribution in [-0.2, 0) is 6.42 Å².